The van der Waals surface area contributed by atoms with Crippen LogP contribution in [0.3, 0.4) is 0 Å². The third kappa shape index (κ3) is 7.71. The van der Waals surface area contributed by atoms with Crippen LogP contribution in [0.2, 0.25) is 0 Å². The minimum absolute atomic E-state index is 0. The molecule has 0 aliphatic heterocycles. The van der Waals surface area contributed by atoms with Crippen molar-refractivity contribution in [2.45, 2.75) is 13.8 Å². The zero-order valence-electron chi connectivity index (χ0n) is 14.7. The van der Waals surface area contributed by atoms with E-state index in [2.05, 4.69) is 10.2 Å². The molecule has 8 heteroatoms. The summed E-state index contributed by atoms with van der Waals surface area (Å²) in [4.78, 5) is 0. The van der Waals surface area contributed by atoms with E-state index in [-0.39, 0.29) is 35.5 Å². The maximum atomic E-state index is 12.0. The van der Waals surface area contributed by atoms with Gasteiger partial charge in [-0.1, -0.05) is 47.7 Å². The van der Waals surface area contributed by atoms with Crippen LogP contribution < -0.4 is 20.1 Å². The van der Waals surface area contributed by atoms with Gasteiger partial charge in [0.15, 0.2) is 0 Å². The monoisotopic (exact) mass is 394 g/mol. The Morgan fingerprint density at radius 3 is 2.31 bits per heavy atom. The molecule has 0 fully saturated rings. The third-order valence-corrected chi connectivity index (χ3v) is 2.95. The maximum absolute atomic E-state index is 12.0. The molecule has 0 aliphatic rings. The van der Waals surface area contributed by atoms with E-state index >= 15 is 0 Å². The molecule has 0 amide bonds. The summed E-state index contributed by atoms with van der Waals surface area (Å²) in [5, 5.41) is 39.4. The number of ether oxygens (including phenoxy) is 1. The van der Waals surface area contributed by atoms with Crippen LogP contribution in [0.25, 0.3) is 0 Å². The smallest absolute Gasteiger partial charge is 0.112 e. The van der Waals surface area contributed by atoms with Crippen LogP contribution in [-0.2, 0) is 24.0 Å². The molecule has 0 saturated heterocycles. The summed E-state index contributed by atoms with van der Waals surface area (Å²) in [6.07, 6.45) is 1.26. The predicted molar refractivity (Wildman–Crippen MR) is 89.0 cm³/mol. The number of hydrogen-bond acceptors (Lipinski definition) is 6. The van der Waals surface area contributed by atoms with Gasteiger partial charge in [0.1, 0.15) is 5.75 Å². The van der Waals surface area contributed by atoms with Crippen LogP contribution in [0.1, 0.15) is 23.6 Å². The second-order valence-corrected chi connectivity index (χ2v) is 4.62. The van der Waals surface area contributed by atoms with Crippen molar-refractivity contribution in [3.8, 4) is 11.5 Å². The number of aryl methyl sites for hydroxylation is 1. The zero-order chi connectivity index (χ0) is 17.9. The summed E-state index contributed by atoms with van der Waals surface area (Å²) in [5.41, 5.74) is 1.84. The SMILES string of the molecule is CCOc1cccc(/C=N/N=C(\[O-])c2ccc(C)cc2)c1[O-].C[O-].[O-2].[V]. The molecule has 0 heterocycles. The molecular formula is C18H19N2O5V-5. The van der Waals surface area contributed by atoms with Crippen molar-refractivity contribution in [3.05, 3.63) is 59.2 Å². The zero-order valence-corrected chi connectivity index (χ0v) is 16.1. The van der Waals surface area contributed by atoms with E-state index < -0.39 is 5.90 Å². The predicted octanol–water partition coefficient (Wildman–Crippen LogP) is 0.464. The van der Waals surface area contributed by atoms with Gasteiger partial charge in [0.05, 0.1) is 12.8 Å². The minimum Gasteiger partial charge on any atom is -2.00 e. The van der Waals surface area contributed by atoms with Crippen LogP contribution in [0.5, 0.6) is 11.5 Å². The first kappa shape index (κ1) is 25.9. The fourth-order valence-corrected chi connectivity index (χ4v) is 1.80. The summed E-state index contributed by atoms with van der Waals surface area (Å²) in [5.74, 6) is -0.466. The van der Waals surface area contributed by atoms with Crippen molar-refractivity contribution in [1.29, 1.82) is 0 Å². The summed E-state index contributed by atoms with van der Waals surface area (Å²) in [6, 6.07) is 11.9. The molecule has 0 aliphatic carbocycles. The van der Waals surface area contributed by atoms with E-state index in [1.54, 1.807) is 37.3 Å². The average Bonchev–Trinajstić information content (AvgIpc) is 2.60. The summed E-state index contributed by atoms with van der Waals surface area (Å²) in [6.45, 7) is 4.15. The number of para-hydroxylation sites is 1. The largest absolute Gasteiger partial charge is 2.00 e. The molecule has 0 saturated carbocycles. The molecule has 0 aromatic heterocycles. The van der Waals surface area contributed by atoms with E-state index in [9.17, 15) is 10.2 Å². The van der Waals surface area contributed by atoms with Gasteiger partial charge in [-0.15, -0.1) is 0 Å². The Kier molecular flexibility index (Phi) is 13.9. The normalized spacial score (nSPS) is 10.2. The van der Waals surface area contributed by atoms with Crippen molar-refractivity contribution in [2.75, 3.05) is 13.7 Å². The standard InChI is InChI=1S/C17H18N2O3.CH3O.O.V/c1-3-22-15-6-4-5-14(16(15)20)11-18-19-17(21)13-9-7-12(2)8-10-13;1-2;;/h4-11,20H,3H2,1-2H3,(H,19,21);1H3;;/q;-1;-2;/p-2/b18-11+;;;. The molecule has 0 spiro atoms. The second-order valence-electron chi connectivity index (χ2n) is 4.62. The first-order valence-corrected chi connectivity index (χ1v) is 7.30. The molecule has 141 valence electrons. The van der Waals surface area contributed by atoms with Crippen LogP contribution in [0, 0.1) is 6.92 Å². The fraction of sp³-hybridized carbons (Fsp3) is 0.222. The van der Waals surface area contributed by atoms with E-state index in [4.69, 9.17) is 9.84 Å². The van der Waals surface area contributed by atoms with Crippen LogP contribution in [0.4, 0.5) is 0 Å². The van der Waals surface area contributed by atoms with Gasteiger partial charge in [-0.25, -0.2) is 0 Å². The van der Waals surface area contributed by atoms with E-state index in [1.165, 1.54) is 6.21 Å². The first-order valence-electron chi connectivity index (χ1n) is 7.30. The van der Waals surface area contributed by atoms with Crippen molar-refractivity contribution in [1.82, 2.24) is 0 Å². The molecule has 0 bridgehead atoms. The van der Waals surface area contributed by atoms with Crippen molar-refractivity contribution in [2.24, 2.45) is 10.2 Å². The maximum Gasteiger partial charge on any atom is 0.112 e. The van der Waals surface area contributed by atoms with Crippen LogP contribution in [0.15, 0.2) is 52.7 Å². The molecule has 0 unspecified atom stereocenters. The molecule has 0 atom stereocenters. The van der Waals surface area contributed by atoms with Gasteiger partial charge < -0.3 is 25.5 Å². The van der Waals surface area contributed by atoms with Gasteiger partial charge in [0.25, 0.3) is 0 Å². The van der Waals surface area contributed by atoms with Gasteiger partial charge in [-0.3, -0.25) is 0 Å². The summed E-state index contributed by atoms with van der Waals surface area (Å²) < 4.78 is 5.21. The van der Waals surface area contributed by atoms with Crippen molar-refractivity contribution in [3.63, 3.8) is 0 Å². The molecule has 2 rings (SSSR count). The molecule has 2 aromatic carbocycles. The Bertz CT molecular complexity index is 703. The Morgan fingerprint density at radius 1 is 1.12 bits per heavy atom. The first-order chi connectivity index (χ1) is 11.6. The molecule has 26 heavy (non-hydrogen) atoms. The van der Waals surface area contributed by atoms with Gasteiger partial charge in [0.2, 0.25) is 0 Å². The number of rotatable bonds is 5. The molecule has 1 radical (unpaired) electrons. The molecular weight excluding hydrogens is 375 g/mol. The fourth-order valence-electron chi connectivity index (χ4n) is 1.80. The molecule has 2 aromatic rings. The van der Waals surface area contributed by atoms with Crippen LogP contribution >= 0.6 is 0 Å². The number of benzene rings is 2. The van der Waals surface area contributed by atoms with Gasteiger partial charge in [0, 0.05) is 24.5 Å². The topological polar surface area (TPSA) is 132 Å². The van der Waals surface area contributed by atoms with Crippen molar-refractivity contribution < 1.29 is 44.1 Å². The molecule has 0 N–H and O–H groups in total. The molecule has 7 nitrogen and oxygen atoms in total. The average molecular weight is 394 g/mol. The van der Waals surface area contributed by atoms with E-state index in [0.29, 0.717) is 17.7 Å². The van der Waals surface area contributed by atoms with Crippen molar-refractivity contribution >= 4 is 12.1 Å². The Labute approximate surface area is 164 Å². The van der Waals surface area contributed by atoms with Gasteiger partial charge >= 0.3 is 0 Å². The third-order valence-electron chi connectivity index (χ3n) is 2.95. The Balaban J connectivity index is 0. The summed E-state index contributed by atoms with van der Waals surface area (Å²) >= 11 is 0. The minimum atomic E-state index is -0.454. The Hall–Kier alpha value is -2.32. The summed E-state index contributed by atoms with van der Waals surface area (Å²) in [7, 11) is 0.750. The number of nitrogens with zero attached hydrogens (tertiary/aromatic N) is 2. The van der Waals surface area contributed by atoms with Crippen LogP contribution in [-0.4, -0.2) is 25.8 Å². The number of hydrogen-bond donors (Lipinski definition) is 0. The van der Waals surface area contributed by atoms with Gasteiger partial charge in [-0.05, 0) is 31.0 Å². The van der Waals surface area contributed by atoms with E-state index in [1.807, 2.05) is 19.1 Å². The van der Waals surface area contributed by atoms with Gasteiger partial charge in [-0.2, -0.15) is 17.3 Å². The Morgan fingerprint density at radius 2 is 1.73 bits per heavy atom. The van der Waals surface area contributed by atoms with E-state index in [0.717, 1.165) is 12.7 Å². The quantitative estimate of drug-likeness (QED) is 0.414. The second kappa shape index (κ2) is 13.9.